The van der Waals surface area contributed by atoms with E-state index in [1.165, 1.54) is 0 Å². The largest absolute Gasteiger partial charge is 0.463 e. The van der Waals surface area contributed by atoms with Crippen molar-refractivity contribution in [1.82, 2.24) is 0 Å². The maximum Gasteiger partial charge on any atom is 0.331 e. The first-order valence-corrected chi connectivity index (χ1v) is 6.19. The molecule has 1 atom stereocenters. The van der Waals surface area contributed by atoms with Crippen molar-refractivity contribution < 1.29 is 19.1 Å². The highest BCUT2D eigenvalue weighted by atomic mass is 16.5. The standard InChI is InChI=1S/C13H22O4/c1-4-7-8-11(5-2)17-13(15)10-9-12(14)16-6-3/h9-11H,4-8H2,1-3H3/b10-9+. The number of hydrogen-bond donors (Lipinski definition) is 0. The van der Waals surface area contributed by atoms with Crippen molar-refractivity contribution >= 4 is 11.9 Å². The Bertz CT molecular complexity index is 258. The molecule has 0 aromatic carbocycles. The molecule has 0 saturated carbocycles. The zero-order valence-electron chi connectivity index (χ0n) is 10.9. The third-order valence-corrected chi connectivity index (χ3v) is 2.26. The number of esters is 2. The summed E-state index contributed by atoms with van der Waals surface area (Å²) < 4.78 is 9.85. The first kappa shape index (κ1) is 15.7. The zero-order chi connectivity index (χ0) is 13.1. The van der Waals surface area contributed by atoms with Gasteiger partial charge in [-0.05, 0) is 19.8 Å². The van der Waals surface area contributed by atoms with Gasteiger partial charge in [0.15, 0.2) is 0 Å². The van der Waals surface area contributed by atoms with Gasteiger partial charge >= 0.3 is 11.9 Å². The van der Waals surface area contributed by atoms with Crippen LogP contribution in [-0.2, 0) is 19.1 Å². The third kappa shape index (κ3) is 8.48. The lowest BCUT2D eigenvalue weighted by molar-refractivity contribution is -0.144. The number of carbonyl (C=O) groups excluding carboxylic acids is 2. The molecule has 0 spiro atoms. The number of hydrogen-bond acceptors (Lipinski definition) is 4. The maximum atomic E-state index is 11.4. The fraction of sp³-hybridized carbons (Fsp3) is 0.692. The van der Waals surface area contributed by atoms with E-state index in [1.54, 1.807) is 6.92 Å². The minimum absolute atomic E-state index is 0.0608. The topological polar surface area (TPSA) is 52.6 Å². The monoisotopic (exact) mass is 242 g/mol. The van der Waals surface area contributed by atoms with Crippen LogP contribution in [0.1, 0.15) is 46.5 Å². The van der Waals surface area contributed by atoms with Crippen LogP contribution in [0.3, 0.4) is 0 Å². The molecule has 4 nitrogen and oxygen atoms in total. The van der Waals surface area contributed by atoms with Gasteiger partial charge in [-0.1, -0.05) is 26.7 Å². The van der Waals surface area contributed by atoms with Crippen molar-refractivity contribution in [3.05, 3.63) is 12.2 Å². The van der Waals surface area contributed by atoms with Crippen LogP contribution in [0.5, 0.6) is 0 Å². The molecule has 98 valence electrons. The Kier molecular flexibility index (Phi) is 9.11. The molecule has 0 saturated heterocycles. The van der Waals surface area contributed by atoms with Gasteiger partial charge in [0.05, 0.1) is 6.61 Å². The lowest BCUT2D eigenvalue weighted by Gasteiger charge is -2.14. The van der Waals surface area contributed by atoms with E-state index in [9.17, 15) is 9.59 Å². The van der Waals surface area contributed by atoms with Crippen molar-refractivity contribution in [2.45, 2.75) is 52.6 Å². The van der Waals surface area contributed by atoms with Crippen LogP contribution in [0, 0.1) is 0 Å². The minimum atomic E-state index is -0.522. The first-order chi connectivity index (χ1) is 8.13. The van der Waals surface area contributed by atoms with Crippen LogP contribution in [0.25, 0.3) is 0 Å². The van der Waals surface area contributed by atoms with Crippen LogP contribution in [0.4, 0.5) is 0 Å². The molecule has 0 amide bonds. The normalized spacial score (nSPS) is 12.4. The van der Waals surface area contributed by atoms with Crippen LogP contribution in [0.15, 0.2) is 12.2 Å². The van der Waals surface area contributed by atoms with Crippen LogP contribution < -0.4 is 0 Å². The first-order valence-electron chi connectivity index (χ1n) is 6.19. The number of unbranched alkanes of at least 4 members (excludes halogenated alkanes) is 1. The van der Waals surface area contributed by atoms with Crippen molar-refractivity contribution in [3.8, 4) is 0 Å². The molecule has 0 aliphatic heterocycles. The Balaban J connectivity index is 4.01. The van der Waals surface area contributed by atoms with Gasteiger partial charge < -0.3 is 9.47 Å². The van der Waals surface area contributed by atoms with Gasteiger partial charge in [0, 0.05) is 12.2 Å². The van der Waals surface area contributed by atoms with Crippen LogP contribution in [-0.4, -0.2) is 24.6 Å². The minimum Gasteiger partial charge on any atom is -0.463 e. The average molecular weight is 242 g/mol. The quantitative estimate of drug-likeness (QED) is 0.485. The second-order valence-electron chi connectivity index (χ2n) is 3.69. The highest BCUT2D eigenvalue weighted by molar-refractivity contribution is 5.91. The molecular formula is C13H22O4. The Hall–Kier alpha value is -1.32. The molecule has 17 heavy (non-hydrogen) atoms. The van der Waals surface area contributed by atoms with Gasteiger partial charge in [-0.2, -0.15) is 0 Å². The molecule has 0 N–H and O–H groups in total. The van der Waals surface area contributed by atoms with E-state index in [-0.39, 0.29) is 6.10 Å². The Labute approximate surface area is 103 Å². The molecule has 4 heteroatoms. The van der Waals surface area contributed by atoms with Crippen molar-refractivity contribution in [3.63, 3.8) is 0 Å². The van der Waals surface area contributed by atoms with Crippen molar-refractivity contribution in [2.24, 2.45) is 0 Å². The summed E-state index contributed by atoms with van der Waals surface area (Å²) in [6.45, 7) is 6.08. The Morgan fingerprint density at radius 3 is 2.29 bits per heavy atom. The summed E-state index contributed by atoms with van der Waals surface area (Å²) in [6, 6.07) is 0. The second kappa shape index (κ2) is 9.87. The summed E-state index contributed by atoms with van der Waals surface area (Å²) in [7, 11) is 0. The summed E-state index contributed by atoms with van der Waals surface area (Å²) in [5.74, 6) is -1.01. The zero-order valence-corrected chi connectivity index (χ0v) is 10.9. The van der Waals surface area contributed by atoms with Gasteiger partial charge in [0.1, 0.15) is 6.10 Å². The number of ether oxygens (including phenoxy) is 2. The molecule has 0 aliphatic rings. The van der Waals surface area contributed by atoms with E-state index in [2.05, 4.69) is 11.7 Å². The molecule has 0 bridgehead atoms. The van der Waals surface area contributed by atoms with E-state index in [0.29, 0.717) is 6.61 Å². The molecule has 0 radical (unpaired) electrons. The highest BCUT2D eigenvalue weighted by Crippen LogP contribution is 2.08. The maximum absolute atomic E-state index is 11.4. The number of carbonyl (C=O) groups is 2. The third-order valence-electron chi connectivity index (χ3n) is 2.26. The lowest BCUT2D eigenvalue weighted by atomic mass is 10.1. The summed E-state index contributed by atoms with van der Waals surface area (Å²) >= 11 is 0. The molecule has 0 heterocycles. The SMILES string of the molecule is CCCCC(CC)OC(=O)/C=C/C(=O)OCC. The van der Waals surface area contributed by atoms with Crippen molar-refractivity contribution in [1.29, 1.82) is 0 Å². The molecular weight excluding hydrogens is 220 g/mol. The highest BCUT2D eigenvalue weighted by Gasteiger charge is 2.10. The Morgan fingerprint density at radius 1 is 1.12 bits per heavy atom. The van der Waals surface area contributed by atoms with E-state index < -0.39 is 11.9 Å². The second-order valence-corrected chi connectivity index (χ2v) is 3.69. The average Bonchev–Trinajstić information content (AvgIpc) is 2.32. The van der Waals surface area contributed by atoms with E-state index in [1.807, 2.05) is 6.92 Å². The summed E-state index contributed by atoms with van der Waals surface area (Å²) in [5, 5.41) is 0. The van der Waals surface area contributed by atoms with Gasteiger partial charge in [0.25, 0.3) is 0 Å². The molecule has 0 aromatic rings. The molecule has 0 fully saturated rings. The molecule has 0 aromatic heterocycles. The van der Waals surface area contributed by atoms with E-state index in [0.717, 1.165) is 37.8 Å². The molecule has 1 unspecified atom stereocenters. The molecule has 0 rings (SSSR count). The fourth-order valence-electron chi connectivity index (χ4n) is 1.31. The van der Waals surface area contributed by atoms with Gasteiger partial charge in [-0.15, -0.1) is 0 Å². The van der Waals surface area contributed by atoms with Gasteiger partial charge in [-0.25, -0.2) is 9.59 Å². The van der Waals surface area contributed by atoms with Gasteiger partial charge in [-0.3, -0.25) is 0 Å². The summed E-state index contributed by atoms with van der Waals surface area (Å²) in [5.41, 5.74) is 0. The summed E-state index contributed by atoms with van der Waals surface area (Å²) in [4.78, 5) is 22.3. The van der Waals surface area contributed by atoms with Crippen LogP contribution in [0.2, 0.25) is 0 Å². The predicted molar refractivity (Wildman–Crippen MR) is 65.5 cm³/mol. The molecule has 0 aliphatic carbocycles. The summed E-state index contributed by atoms with van der Waals surface area (Å²) in [6.07, 6.45) is 5.92. The smallest absolute Gasteiger partial charge is 0.331 e. The van der Waals surface area contributed by atoms with E-state index in [4.69, 9.17) is 4.74 Å². The fourth-order valence-corrected chi connectivity index (χ4v) is 1.31. The predicted octanol–water partition coefficient (Wildman–Crippen LogP) is 2.62. The van der Waals surface area contributed by atoms with Crippen LogP contribution >= 0.6 is 0 Å². The Morgan fingerprint density at radius 2 is 1.76 bits per heavy atom. The van der Waals surface area contributed by atoms with E-state index >= 15 is 0 Å². The lowest BCUT2D eigenvalue weighted by Crippen LogP contribution is -2.16. The number of rotatable bonds is 8. The van der Waals surface area contributed by atoms with Gasteiger partial charge in [0.2, 0.25) is 0 Å². The van der Waals surface area contributed by atoms with Crippen molar-refractivity contribution in [2.75, 3.05) is 6.61 Å².